The quantitative estimate of drug-likeness (QED) is 0.147. The molecule has 0 aromatic heterocycles. The van der Waals surface area contributed by atoms with Gasteiger partial charge in [-0.3, -0.25) is 0 Å². The lowest BCUT2D eigenvalue weighted by molar-refractivity contribution is -0.333. The number of phenols is 2. The molecule has 2 aliphatic heterocycles. The van der Waals surface area contributed by atoms with Crippen molar-refractivity contribution < 1.29 is 59.8 Å². The van der Waals surface area contributed by atoms with Gasteiger partial charge in [-0.2, -0.15) is 0 Å². The van der Waals surface area contributed by atoms with E-state index < -0.39 is 67.5 Å². The van der Waals surface area contributed by atoms with Crippen LogP contribution < -0.4 is 0 Å². The van der Waals surface area contributed by atoms with Crippen molar-refractivity contribution in [2.75, 3.05) is 6.61 Å². The van der Waals surface area contributed by atoms with Crippen LogP contribution in [0.1, 0.15) is 43.7 Å². The maximum absolute atomic E-state index is 10.7. The molecule has 12 heteroatoms. The summed E-state index contributed by atoms with van der Waals surface area (Å²) in [5.41, 5.74) is 2.07. The number of hydrogen-bond acceptors (Lipinski definition) is 12. The number of phenolic OH excluding ortho intramolecular Hbond substituents is 2. The number of aliphatic hydroxyl groups excluding tert-OH is 6. The molecule has 2 heterocycles. The highest BCUT2D eigenvalue weighted by Crippen LogP contribution is 2.28. The lowest BCUT2D eigenvalue weighted by Gasteiger charge is -2.43. The minimum absolute atomic E-state index is 0.164. The van der Waals surface area contributed by atoms with Gasteiger partial charge in [0.2, 0.25) is 0 Å². The maximum Gasteiger partial charge on any atom is 0.186 e. The third-order valence-electron chi connectivity index (χ3n) is 8.10. The summed E-state index contributed by atoms with van der Waals surface area (Å²) in [6, 6.07) is 13.9. The average Bonchev–Trinajstić information content (AvgIpc) is 3.00. The molecular formula is C31H44O12. The Morgan fingerprint density at radius 3 is 1.81 bits per heavy atom. The van der Waals surface area contributed by atoms with Crippen LogP contribution in [0.25, 0.3) is 0 Å². The van der Waals surface area contributed by atoms with Crippen LogP contribution >= 0.6 is 0 Å². The molecule has 2 aromatic carbocycles. The molecule has 0 aliphatic carbocycles. The lowest BCUT2D eigenvalue weighted by Crippen LogP contribution is -2.61. The van der Waals surface area contributed by atoms with E-state index in [1.165, 1.54) is 6.92 Å². The van der Waals surface area contributed by atoms with Crippen molar-refractivity contribution in [3.63, 3.8) is 0 Å². The first-order valence-electron chi connectivity index (χ1n) is 14.8. The van der Waals surface area contributed by atoms with Crippen molar-refractivity contribution in [3.05, 3.63) is 59.7 Å². The molecule has 12 nitrogen and oxygen atoms in total. The Labute approximate surface area is 250 Å². The van der Waals surface area contributed by atoms with Gasteiger partial charge in [-0.25, -0.2) is 0 Å². The molecule has 0 radical (unpaired) electrons. The number of benzene rings is 2. The number of unbranched alkanes of at least 4 members (excludes halogenated alkanes) is 1. The SMILES string of the molecule is C[C@@H]1O[C@@H](OC[C@H]2O[C@@H](O[C@H](CCCCc3ccc(O)cc3)CCc3ccc(O)cc3)[C@H](O)[C@@H](O)[C@@H]2O)[C@H](O)[C@H](O)[C@H]1O. The smallest absolute Gasteiger partial charge is 0.186 e. The summed E-state index contributed by atoms with van der Waals surface area (Å²) < 4.78 is 23.0. The van der Waals surface area contributed by atoms with Crippen LogP contribution in [-0.4, -0.2) is 115 Å². The van der Waals surface area contributed by atoms with Crippen molar-refractivity contribution in [3.8, 4) is 11.5 Å². The van der Waals surface area contributed by atoms with Crippen LogP contribution in [0.4, 0.5) is 0 Å². The monoisotopic (exact) mass is 608 g/mol. The first-order chi connectivity index (χ1) is 20.5. The molecule has 2 aromatic rings. The van der Waals surface area contributed by atoms with Crippen molar-refractivity contribution >= 4 is 0 Å². The van der Waals surface area contributed by atoms with E-state index in [1.54, 1.807) is 24.3 Å². The average molecular weight is 609 g/mol. The highest BCUT2D eigenvalue weighted by Gasteiger charge is 2.47. The second kappa shape index (κ2) is 15.6. The lowest BCUT2D eigenvalue weighted by atomic mass is 9.98. The van der Waals surface area contributed by atoms with Crippen molar-refractivity contribution in [1.82, 2.24) is 0 Å². The van der Waals surface area contributed by atoms with Crippen LogP contribution in [0.5, 0.6) is 11.5 Å². The van der Waals surface area contributed by atoms with Gasteiger partial charge < -0.3 is 59.8 Å². The number of hydrogen-bond donors (Lipinski definition) is 8. The summed E-state index contributed by atoms with van der Waals surface area (Å²) in [6.07, 6.45) is -9.83. The van der Waals surface area contributed by atoms with Crippen LogP contribution in [0, 0.1) is 0 Å². The van der Waals surface area contributed by atoms with Gasteiger partial charge in [0, 0.05) is 0 Å². The van der Waals surface area contributed by atoms with Gasteiger partial charge >= 0.3 is 0 Å². The van der Waals surface area contributed by atoms with E-state index in [0.717, 1.165) is 30.4 Å². The fourth-order valence-electron chi connectivity index (χ4n) is 5.33. The molecule has 2 aliphatic rings. The summed E-state index contributed by atoms with van der Waals surface area (Å²) in [6.45, 7) is 1.14. The topological polar surface area (TPSA) is 199 Å². The molecule has 0 unspecified atom stereocenters. The van der Waals surface area contributed by atoms with Crippen molar-refractivity contribution in [2.24, 2.45) is 0 Å². The van der Waals surface area contributed by atoms with Gasteiger partial charge in [-0.15, -0.1) is 0 Å². The van der Waals surface area contributed by atoms with E-state index in [-0.39, 0.29) is 18.1 Å². The van der Waals surface area contributed by atoms with Gasteiger partial charge in [-0.1, -0.05) is 30.7 Å². The van der Waals surface area contributed by atoms with Crippen molar-refractivity contribution in [2.45, 2.75) is 113 Å². The predicted octanol–water partition coefficient (Wildman–Crippen LogP) is 0.480. The molecule has 0 spiro atoms. The first kappa shape index (κ1) is 33.5. The van der Waals surface area contributed by atoms with Crippen LogP contribution in [0.15, 0.2) is 48.5 Å². The van der Waals surface area contributed by atoms with Crippen LogP contribution in [0.3, 0.4) is 0 Å². The van der Waals surface area contributed by atoms with Gasteiger partial charge in [-0.05, 0) is 74.4 Å². The number of aromatic hydroxyl groups is 2. The standard InChI is InChI=1S/C31H44O12/c1-17-24(34)26(36)28(38)30(41-17)40-16-23-25(35)27(37)29(39)31(43-23)42-22(15-10-19-8-13-21(33)14-9-19)5-3-2-4-18-6-11-20(32)12-7-18/h6-9,11-14,17,22-39H,2-5,10,15-16H2,1H3/t17-,22+,23+,24-,25+,26+,27-,28+,29+,30+,31+/m0/s1. The summed E-state index contributed by atoms with van der Waals surface area (Å²) in [5, 5.41) is 81.2. The summed E-state index contributed by atoms with van der Waals surface area (Å²) in [5.74, 6) is 0.374. The van der Waals surface area contributed by atoms with Crippen molar-refractivity contribution in [1.29, 1.82) is 0 Å². The molecule has 0 saturated carbocycles. The van der Waals surface area contributed by atoms with E-state index >= 15 is 0 Å². The van der Waals surface area contributed by atoms with Crippen LogP contribution in [0.2, 0.25) is 0 Å². The normalized spacial score (nSPS) is 33.7. The zero-order chi connectivity index (χ0) is 31.1. The molecule has 2 fully saturated rings. The highest BCUT2D eigenvalue weighted by atomic mass is 16.7. The van der Waals surface area contributed by atoms with Gasteiger partial charge in [0.15, 0.2) is 12.6 Å². The zero-order valence-electron chi connectivity index (χ0n) is 24.1. The van der Waals surface area contributed by atoms with E-state index in [2.05, 4.69) is 0 Å². The Balaban J connectivity index is 1.37. The molecule has 8 N–H and O–H groups in total. The molecule has 43 heavy (non-hydrogen) atoms. The fourth-order valence-corrected chi connectivity index (χ4v) is 5.33. The van der Waals surface area contributed by atoms with Gasteiger partial charge in [0.25, 0.3) is 0 Å². The Morgan fingerprint density at radius 1 is 0.628 bits per heavy atom. The van der Waals surface area contributed by atoms with Gasteiger partial charge in [0.1, 0.15) is 54.2 Å². The molecule has 0 bridgehead atoms. The highest BCUT2D eigenvalue weighted by molar-refractivity contribution is 5.26. The first-order valence-corrected chi connectivity index (χ1v) is 14.8. The predicted molar refractivity (Wildman–Crippen MR) is 152 cm³/mol. The Kier molecular flexibility index (Phi) is 12.1. The third kappa shape index (κ3) is 9.08. The minimum atomic E-state index is -1.61. The molecule has 2 saturated heterocycles. The summed E-state index contributed by atoms with van der Waals surface area (Å²) in [4.78, 5) is 0. The molecule has 240 valence electrons. The van der Waals surface area contributed by atoms with E-state index in [9.17, 15) is 40.9 Å². The van der Waals surface area contributed by atoms with Gasteiger partial charge in [0.05, 0.1) is 18.8 Å². The second-order valence-electron chi connectivity index (χ2n) is 11.4. The number of rotatable bonds is 13. The van der Waals surface area contributed by atoms with E-state index in [0.29, 0.717) is 19.3 Å². The third-order valence-corrected chi connectivity index (χ3v) is 8.10. The Bertz CT molecular complexity index is 1100. The number of ether oxygens (including phenoxy) is 4. The summed E-state index contributed by atoms with van der Waals surface area (Å²) in [7, 11) is 0. The number of aryl methyl sites for hydroxylation is 2. The Hall–Kier alpha value is -2.36. The Morgan fingerprint density at radius 2 is 1.19 bits per heavy atom. The van der Waals surface area contributed by atoms with E-state index in [1.807, 2.05) is 24.3 Å². The molecule has 11 atom stereocenters. The number of aliphatic hydroxyl groups is 6. The fraction of sp³-hybridized carbons (Fsp3) is 0.613. The minimum Gasteiger partial charge on any atom is -0.508 e. The molecular weight excluding hydrogens is 564 g/mol. The largest absolute Gasteiger partial charge is 0.508 e. The molecule has 4 rings (SSSR count). The summed E-state index contributed by atoms with van der Waals surface area (Å²) >= 11 is 0. The van der Waals surface area contributed by atoms with Crippen LogP contribution in [-0.2, 0) is 31.8 Å². The molecule has 0 amide bonds. The second-order valence-corrected chi connectivity index (χ2v) is 11.4. The van der Waals surface area contributed by atoms with E-state index in [4.69, 9.17) is 18.9 Å². The zero-order valence-corrected chi connectivity index (χ0v) is 24.1. The maximum atomic E-state index is 10.7.